The van der Waals surface area contributed by atoms with Crippen molar-refractivity contribution in [3.63, 3.8) is 0 Å². The second-order valence-corrected chi connectivity index (χ2v) is 3.98. The Hall–Kier alpha value is -0.730. The zero-order chi connectivity index (χ0) is 9.26. The van der Waals surface area contributed by atoms with Gasteiger partial charge in [-0.05, 0) is 5.56 Å². The van der Waals surface area contributed by atoms with Gasteiger partial charge in [0.25, 0.3) is 0 Å². The Balaban J connectivity index is 2.51. The van der Waals surface area contributed by atoms with Crippen LogP contribution >= 0.6 is 23.4 Å². The highest BCUT2D eigenvalue weighted by Crippen LogP contribution is 2.32. The number of rotatable bonds is 0. The first-order valence-corrected chi connectivity index (χ1v) is 5.31. The quantitative estimate of drug-likeness (QED) is 0.612. The van der Waals surface area contributed by atoms with Gasteiger partial charge in [-0.15, -0.1) is 11.8 Å². The highest BCUT2D eigenvalue weighted by molar-refractivity contribution is 8.03. The molecule has 2 rings (SSSR count). The van der Waals surface area contributed by atoms with Gasteiger partial charge in [0, 0.05) is 16.9 Å². The van der Waals surface area contributed by atoms with Gasteiger partial charge in [0.15, 0.2) is 0 Å². The molecule has 3 heteroatoms. The summed E-state index contributed by atoms with van der Waals surface area (Å²) in [6, 6.07) is 7.64. The molecule has 1 aliphatic rings. The third-order valence-corrected chi connectivity index (χ3v) is 3.39. The summed E-state index contributed by atoms with van der Waals surface area (Å²) in [6.45, 7) is 0. The molecule has 1 aliphatic heterocycles. The first-order valence-electron chi connectivity index (χ1n) is 3.88. The third kappa shape index (κ3) is 1.52. The van der Waals surface area contributed by atoms with E-state index in [1.54, 1.807) is 0 Å². The minimum absolute atomic E-state index is 0.0434. The molecule has 66 valence electrons. The number of carbonyl (C=O) groups is 1. The Bertz CT molecular complexity index is 384. The Kier molecular flexibility index (Phi) is 2.42. The Morgan fingerprint density at radius 1 is 1.38 bits per heavy atom. The number of halogens is 1. The van der Waals surface area contributed by atoms with Crippen LogP contribution in [-0.2, 0) is 5.75 Å². The normalized spacial score (nSPS) is 18.8. The van der Waals surface area contributed by atoms with Crippen molar-refractivity contribution in [2.75, 3.05) is 0 Å². The van der Waals surface area contributed by atoms with E-state index < -0.39 is 0 Å². The van der Waals surface area contributed by atoms with Gasteiger partial charge >= 0.3 is 0 Å². The second-order valence-electron chi connectivity index (χ2n) is 2.75. The lowest BCUT2D eigenvalue weighted by atomic mass is 10.0. The summed E-state index contributed by atoms with van der Waals surface area (Å²) in [6.07, 6.45) is 0. The molecule has 13 heavy (non-hydrogen) atoms. The van der Waals surface area contributed by atoms with Crippen LogP contribution in [0.1, 0.15) is 15.9 Å². The molecule has 0 unspecified atom stereocenters. The predicted molar refractivity (Wildman–Crippen MR) is 56.0 cm³/mol. The summed E-state index contributed by atoms with van der Waals surface area (Å²) in [5.74, 6) is 0.877. The Morgan fingerprint density at radius 2 is 2.15 bits per heavy atom. The first-order chi connectivity index (χ1) is 6.33. The number of thioether (sulfide) groups is 1. The first kappa shape index (κ1) is 8.85. The molecule has 0 bridgehead atoms. The molecule has 0 N–H and O–H groups in total. The largest absolute Gasteiger partial charge is 0.288 e. The fourth-order valence-electron chi connectivity index (χ4n) is 1.30. The van der Waals surface area contributed by atoms with E-state index >= 15 is 0 Å². The highest BCUT2D eigenvalue weighted by Gasteiger charge is 2.21. The Morgan fingerprint density at radius 3 is 2.92 bits per heavy atom. The number of carbonyl (C=O) groups excluding carboxylic acids is 1. The number of hydrogen-bond acceptors (Lipinski definition) is 2. The molecule has 0 saturated heterocycles. The van der Waals surface area contributed by atoms with Crippen LogP contribution in [-0.4, -0.2) is 5.78 Å². The maximum Gasteiger partial charge on any atom is 0.200 e. The van der Waals surface area contributed by atoms with Crippen molar-refractivity contribution in [1.29, 1.82) is 0 Å². The van der Waals surface area contributed by atoms with Crippen LogP contribution < -0.4 is 0 Å². The number of ketones is 1. The molecule has 0 spiro atoms. The van der Waals surface area contributed by atoms with Crippen LogP contribution in [0.3, 0.4) is 0 Å². The summed E-state index contributed by atoms with van der Waals surface area (Å²) in [5, 5.41) is 0. The summed E-state index contributed by atoms with van der Waals surface area (Å²) in [5.41, 5.74) is 3.25. The van der Waals surface area contributed by atoms with Crippen molar-refractivity contribution in [3.8, 4) is 0 Å². The van der Waals surface area contributed by atoms with Crippen LogP contribution in [0, 0.1) is 0 Å². The molecular formula is C10H7ClOS. The molecule has 0 aliphatic carbocycles. The number of benzene rings is 1. The van der Waals surface area contributed by atoms with E-state index in [2.05, 4.69) is 0 Å². The molecule has 1 heterocycles. The molecule has 1 aromatic rings. The summed E-state index contributed by atoms with van der Waals surface area (Å²) >= 11 is 7.03. The average molecular weight is 211 g/mol. The SMILES string of the molecule is O=C1/C(=C\Cl)SCc2ccccc21. The van der Waals surface area contributed by atoms with Crippen molar-refractivity contribution in [3.05, 3.63) is 45.8 Å². The van der Waals surface area contributed by atoms with Gasteiger partial charge in [0.05, 0.1) is 4.91 Å². The minimum Gasteiger partial charge on any atom is -0.288 e. The molecule has 0 atom stereocenters. The van der Waals surface area contributed by atoms with Crippen LogP contribution in [0.25, 0.3) is 0 Å². The van der Waals surface area contributed by atoms with E-state index in [0.29, 0.717) is 4.91 Å². The Labute approximate surface area is 85.8 Å². The van der Waals surface area contributed by atoms with E-state index in [-0.39, 0.29) is 5.78 Å². The standard InChI is InChI=1S/C10H7ClOS/c11-5-9-10(12)8-4-2-1-3-7(8)6-13-9/h1-5H,6H2/b9-5+. The van der Waals surface area contributed by atoms with Crippen LogP contribution in [0.15, 0.2) is 34.7 Å². The van der Waals surface area contributed by atoms with Crippen molar-refractivity contribution >= 4 is 29.1 Å². The molecule has 1 nitrogen and oxygen atoms in total. The highest BCUT2D eigenvalue weighted by atomic mass is 35.5. The molecule has 0 amide bonds. The van der Waals surface area contributed by atoms with Crippen molar-refractivity contribution in [2.45, 2.75) is 5.75 Å². The molecular weight excluding hydrogens is 204 g/mol. The fraction of sp³-hybridized carbons (Fsp3) is 0.100. The van der Waals surface area contributed by atoms with E-state index in [1.807, 2.05) is 24.3 Å². The second kappa shape index (κ2) is 3.56. The maximum atomic E-state index is 11.7. The van der Waals surface area contributed by atoms with Gasteiger partial charge in [-0.25, -0.2) is 0 Å². The van der Waals surface area contributed by atoms with E-state index in [4.69, 9.17) is 11.6 Å². The third-order valence-electron chi connectivity index (χ3n) is 1.97. The number of allylic oxidation sites excluding steroid dienone is 1. The summed E-state index contributed by atoms with van der Waals surface area (Å²) < 4.78 is 0. The van der Waals surface area contributed by atoms with Crippen LogP contribution in [0.5, 0.6) is 0 Å². The lowest BCUT2D eigenvalue weighted by molar-refractivity contribution is 0.104. The zero-order valence-electron chi connectivity index (χ0n) is 6.79. The number of fused-ring (bicyclic) bond motifs is 1. The summed E-state index contributed by atoms with van der Waals surface area (Å²) in [7, 11) is 0. The van der Waals surface area contributed by atoms with Gasteiger partial charge < -0.3 is 0 Å². The number of hydrogen-bond donors (Lipinski definition) is 0. The van der Waals surface area contributed by atoms with Gasteiger partial charge in [-0.1, -0.05) is 35.9 Å². The topological polar surface area (TPSA) is 17.1 Å². The van der Waals surface area contributed by atoms with Crippen molar-refractivity contribution in [2.24, 2.45) is 0 Å². The molecule has 0 saturated carbocycles. The molecule has 0 fully saturated rings. The van der Waals surface area contributed by atoms with Crippen molar-refractivity contribution < 1.29 is 4.79 Å². The fourth-order valence-corrected chi connectivity index (χ4v) is 2.46. The smallest absolute Gasteiger partial charge is 0.200 e. The van der Waals surface area contributed by atoms with E-state index in [9.17, 15) is 4.79 Å². The van der Waals surface area contributed by atoms with Crippen LogP contribution in [0.2, 0.25) is 0 Å². The predicted octanol–water partition coefficient (Wildman–Crippen LogP) is 3.20. The van der Waals surface area contributed by atoms with Gasteiger partial charge in [-0.2, -0.15) is 0 Å². The molecule has 1 aromatic carbocycles. The summed E-state index contributed by atoms with van der Waals surface area (Å²) in [4.78, 5) is 12.3. The lowest BCUT2D eigenvalue weighted by Gasteiger charge is -2.15. The molecule has 0 aromatic heterocycles. The maximum absolute atomic E-state index is 11.7. The van der Waals surface area contributed by atoms with Crippen LogP contribution in [0.4, 0.5) is 0 Å². The zero-order valence-corrected chi connectivity index (χ0v) is 8.36. The van der Waals surface area contributed by atoms with E-state index in [1.165, 1.54) is 17.3 Å². The minimum atomic E-state index is 0.0434. The monoisotopic (exact) mass is 210 g/mol. The van der Waals surface area contributed by atoms with Gasteiger partial charge in [-0.3, -0.25) is 4.79 Å². The number of Topliss-reactive ketones (excluding diaryl/α,β-unsaturated/α-hetero) is 1. The van der Waals surface area contributed by atoms with Gasteiger partial charge in [0.1, 0.15) is 0 Å². The lowest BCUT2D eigenvalue weighted by Crippen LogP contribution is -2.09. The average Bonchev–Trinajstić information content (AvgIpc) is 2.19. The van der Waals surface area contributed by atoms with E-state index in [0.717, 1.165) is 16.9 Å². The molecule has 0 radical (unpaired) electrons. The van der Waals surface area contributed by atoms with Crippen molar-refractivity contribution in [1.82, 2.24) is 0 Å². The van der Waals surface area contributed by atoms with Gasteiger partial charge in [0.2, 0.25) is 5.78 Å².